The Bertz CT molecular complexity index is 581. The molecule has 2 aromatic rings. The van der Waals surface area contributed by atoms with E-state index in [9.17, 15) is 0 Å². The summed E-state index contributed by atoms with van der Waals surface area (Å²) >= 11 is 0. The van der Waals surface area contributed by atoms with E-state index in [1.807, 2.05) is 31.2 Å². The highest BCUT2D eigenvalue weighted by molar-refractivity contribution is 5.89. The molecule has 1 atom stereocenters. The van der Waals surface area contributed by atoms with Gasteiger partial charge in [0.15, 0.2) is 0 Å². The second kappa shape index (κ2) is 5.57. The van der Waals surface area contributed by atoms with Crippen molar-refractivity contribution in [2.24, 2.45) is 5.73 Å². The highest BCUT2D eigenvalue weighted by atomic mass is 16.5. The van der Waals surface area contributed by atoms with Crippen LogP contribution >= 0.6 is 0 Å². The average Bonchev–Trinajstić information content (AvgIpc) is 2.38. The summed E-state index contributed by atoms with van der Waals surface area (Å²) in [5.74, 6) is 3.44. The molecule has 2 aromatic carbocycles. The van der Waals surface area contributed by atoms with Gasteiger partial charge in [-0.25, -0.2) is 0 Å². The Balaban J connectivity index is 2.49. The van der Waals surface area contributed by atoms with E-state index in [2.05, 4.69) is 18.1 Å². The molecule has 0 fully saturated rings. The predicted molar refractivity (Wildman–Crippen MR) is 75.5 cm³/mol. The van der Waals surface area contributed by atoms with Crippen molar-refractivity contribution in [2.75, 3.05) is 6.61 Å². The molecule has 18 heavy (non-hydrogen) atoms. The van der Waals surface area contributed by atoms with E-state index in [0.717, 1.165) is 22.1 Å². The summed E-state index contributed by atoms with van der Waals surface area (Å²) in [6.45, 7) is 2.47. The largest absolute Gasteiger partial charge is 0.492 e. The van der Waals surface area contributed by atoms with Crippen LogP contribution in [0.5, 0.6) is 5.75 Å². The maximum atomic E-state index is 5.99. The zero-order valence-electron chi connectivity index (χ0n) is 10.5. The molecule has 0 saturated carbocycles. The second-order valence-electron chi connectivity index (χ2n) is 4.30. The topological polar surface area (TPSA) is 35.2 Å². The Kier molecular flexibility index (Phi) is 3.86. The average molecular weight is 239 g/mol. The number of hydrogen-bond acceptors (Lipinski definition) is 2. The summed E-state index contributed by atoms with van der Waals surface area (Å²) < 4.78 is 5.83. The molecule has 0 aliphatic heterocycles. The molecule has 2 N–H and O–H groups in total. The third-order valence-electron chi connectivity index (χ3n) is 2.89. The van der Waals surface area contributed by atoms with Crippen LogP contribution in [-0.4, -0.2) is 6.61 Å². The molecule has 92 valence electrons. The lowest BCUT2D eigenvalue weighted by atomic mass is 10.0. The molecule has 0 aliphatic rings. The number of benzene rings is 2. The molecule has 2 rings (SSSR count). The maximum Gasteiger partial charge on any atom is 0.131 e. The van der Waals surface area contributed by atoms with Crippen molar-refractivity contribution in [3.05, 3.63) is 42.0 Å². The molecule has 0 aliphatic carbocycles. The van der Waals surface area contributed by atoms with Crippen LogP contribution < -0.4 is 10.5 Å². The first-order valence-electron chi connectivity index (χ1n) is 6.07. The molecule has 2 heteroatoms. The summed E-state index contributed by atoms with van der Waals surface area (Å²) in [7, 11) is 0. The van der Waals surface area contributed by atoms with Crippen molar-refractivity contribution in [3.8, 4) is 18.1 Å². The number of nitrogens with two attached hydrogens (primary N) is 1. The summed E-state index contributed by atoms with van der Waals surface area (Å²) in [6, 6.07) is 12.2. The summed E-state index contributed by atoms with van der Waals surface area (Å²) in [6.07, 6.45) is 5.85. The van der Waals surface area contributed by atoms with Crippen molar-refractivity contribution in [2.45, 2.75) is 19.4 Å². The van der Waals surface area contributed by atoms with Gasteiger partial charge < -0.3 is 10.5 Å². The molecule has 0 spiro atoms. The zero-order valence-corrected chi connectivity index (χ0v) is 10.5. The molecule has 0 bridgehead atoms. The highest BCUT2D eigenvalue weighted by Gasteiger charge is 2.11. The molecule has 2 nitrogen and oxygen atoms in total. The van der Waals surface area contributed by atoms with Gasteiger partial charge in [0.05, 0.1) is 6.61 Å². The van der Waals surface area contributed by atoms with Gasteiger partial charge in [-0.15, -0.1) is 12.3 Å². The zero-order chi connectivity index (χ0) is 13.0. The first-order chi connectivity index (χ1) is 8.74. The van der Waals surface area contributed by atoms with Gasteiger partial charge in [0, 0.05) is 23.4 Å². The van der Waals surface area contributed by atoms with Gasteiger partial charge in [0.1, 0.15) is 5.75 Å². The van der Waals surface area contributed by atoms with Crippen molar-refractivity contribution in [1.29, 1.82) is 0 Å². The number of rotatable bonds is 4. The summed E-state index contributed by atoms with van der Waals surface area (Å²) in [5, 5.41) is 2.24. The third-order valence-corrected chi connectivity index (χ3v) is 2.89. The van der Waals surface area contributed by atoms with Gasteiger partial charge in [-0.3, -0.25) is 0 Å². The first-order valence-corrected chi connectivity index (χ1v) is 6.07. The van der Waals surface area contributed by atoms with Crippen molar-refractivity contribution >= 4 is 10.8 Å². The Labute approximate surface area is 108 Å². The summed E-state index contributed by atoms with van der Waals surface area (Å²) in [5.41, 5.74) is 7.01. The van der Waals surface area contributed by atoms with Crippen LogP contribution in [0.4, 0.5) is 0 Å². The number of hydrogen-bond donors (Lipinski definition) is 1. The lowest BCUT2D eigenvalue weighted by molar-refractivity contribution is 0.326. The van der Waals surface area contributed by atoms with Gasteiger partial charge in [0.25, 0.3) is 0 Å². The molecular weight excluding hydrogens is 222 g/mol. The molecule has 1 unspecified atom stereocenters. The number of ether oxygens (including phenoxy) is 1. The lowest BCUT2D eigenvalue weighted by Crippen LogP contribution is -2.09. The van der Waals surface area contributed by atoms with E-state index >= 15 is 0 Å². The van der Waals surface area contributed by atoms with Gasteiger partial charge in [-0.2, -0.15) is 0 Å². The van der Waals surface area contributed by atoms with Gasteiger partial charge in [-0.1, -0.05) is 36.4 Å². The molecular formula is C16H17NO. The van der Waals surface area contributed by atoms with Crippen LogP contribution in [0.15, 0.2) is 36.4 Å². The fraction of sp³-hybridized carbons (Fsp3) is 0.250. The fourth-order valence-electron chi connectivity index (χ4n) is 1.99. The fourth-order valence-corrected chi connectivity index (χ4v) is 1.99. The van der Waals surface area contributed by atoms with Crippen LogP contribution in [0, 0.1) is 12.3 Å². The Morgan fingerprint density at radius 3 is 2.78 bits per heavy atom. The third kappa shape index (κ3) is 2.47. The monoisotopic (exact) mass is 239 g/mol. The van der Waals surface area contributed by atoms with E-state index in [0.29, 0.717) is 13.0 Å². The number of terminal acetylenes is 1. The Hall–Kier alpha value is -1.98. The number of fused-ring (bicyclic) bond motifs is 1. The maximum absolute atomic E-state index is 5.99. The SMILES string of the molecule is C#CCCOc1c(C(C)N)ccc2ccccc12. The first kappa shape index (κ1) is 12.5. The summed E-state index contributed by atoms with van der Waals surface area (Å²) in [4.78, 5) is 0. The Morgan fingerprint density at radius 2 is 2.06 bits per heavy atom. The van der Waals surface area contributed by atoms with E-state index in [4.69, 9.17) is 16.9 Å². The molecule has 0 amide bonds. The van der Waals surface area contributed by atoms with Crippen LogP contribution in [0.3, 0.4) is 0 Å². The smallest absolute Gasteiger partial charge is 0.131 e. The van der Waals surface area contributed by atoms with Gasteiger partial charge in [0.2, 0.25) is 0 Å². The van der Waals surface area contributed by atoms with Crippen LogP contribution in [0.1, 0.15) is 24.9 Å². The van der Waals surface area contributed by atoms with Gasteiger partial charge in [-0.05, 0) is 12.3 Å². The molecule has 0 saturated heterocycles. The van der Waals surface area contributed by atoms with Crippen LogP contribution in [-0.2, 0) is 0 Å². The van der Waals surface area contributed by atoms with E-state index < -0.39 is 0 Å². The molecule has 0 aromatic heterocycles. The van der Waals surface area contributed by atoms with Gasteiger partial charge >= 0.3 is 0 Å². The molecule has 0 radical (unpaired) electrons. The van der Waals surface area contributed by atoms with Crippen LogP contribution in [0.2, 0.25) is 0 Å². The Morgan fingerprint density at radius 1 is 1.28 bits per heavy atom. The van der Waals surface area contributed by atoms with Crippen LogP contribution in [0.25, 0.3) is 10.8 Å². The van der Waals surface area contributed by atoms with E-state index in [-0.39, 0.29) is 6.04 Å². The lowest BCUT2D eigenvalue weighted by Gasteiger charge is -2.16. The van der Waals surface area contributed by atoms with Crippen molar-refractivity contribution in [3.63, 3.8) is 0 Å². The second-order valence-corrected chi connectivity index (χ2v) is 4.30. The molecule has 0 heterocycles. The van der Waals surface area contributed by atoms with Crippen molar-refractivity contribution < 1.29 is 4.74 Å². The van der Waals surface area contributed by atoms with E-state index in [1.165, 1.54) is 0 Å². The predicted octanol–water partition coefficient (Wildman–Crippen LogP) is 3.26. The minimum atomic E-state index is -0.0598. The van der Waals surface area contributed by atoms with E-state index in [1.54, 1.807) is 0 Å². The quantitative estimate of drug-likeness (QED) is 0.656. The van der Waals surface area contributed by atoms with Crippen molar-refractivity contribution in [1.82, 2.24) is 0 Å². The highest BCUT2D eigenvalue weighted by Crippen LogP contribution is 2.32. The standard InChI is InChI=1S/C16H17NO/c1-3-4-11-18-16-14(12(2)17)10-9-13-7-5-6-8-15(13)16/h1,5-10,12H,4,11,17H2,2H3. The minimum absolute atomic E-state index is 0.0598. The normalized spacial score (nSPS) is 12.1. The minimum Gasteiger partial charge on any atom is -0.492 e.